The highest BCUT2D eigenvalue weighted by molar-refractivity contribution is 7.55. The van der Waals surface area contributed by atoms with E-state index in [1.807, 2.05) is 0 Å². The molecule has 0 heterocycles. The van der Waals surface area contributed by atoms with Crippen LogP contribution in [0.5, 0.6) is 0 Å². The molecular weight excluding hydrogens is 207 g/mol. The van der Waals surface area contributed by atoms with Crippen LogP contribution in [0.15, 0.2) is 0 Å². The maximum absolute atomic E-state index is 12.0. The standard InChI is InChI=1S/C8H17O5P/c1-4-7(8(9)10)14(11,12-5-2)13-6-3/h7H,4-6H2,1-3H3,(H,9,10). The summed E-state index contributed by atoms with van der Waals surface area (Å²) in [4.78, 5) is 10.8. The quantitative estimate of drug-likeness (QED) is 0.670. The van der Waals surface area contributed by atoms with E-state index in [0.717, 1.165) is 0 Å². The lowest BCUT2D eigenvalue weighted by Crippen LogP contribution is -2.22. The lowest BCUT2D eigenvalue weighted by molar-refractivity contribution is -0.137. The van der Waals surface area contributed by atoms with Gasteiger partial charge < -0.3 is 14.2 Å². The molecule has 6 heteroatoms. The van der Waals surface area contributed by atoms with Gasteiger partial charge in [0.05, 0.1) is 13.2 Å². The van der Waals surface area contributed by atoms with Crippen LogP contribution in [0.25, 0.3) is 0 Å². The van der Waals surface area contributed by atoms with Gasteiger partial charge in [-0.15, -0.1) is 0 Å². The molecule has 0 saturated carbocycles. The first-order valence-electron chi connectivity index (χ1n) is 4.63. The molecule has 84 valence electrons. The zero-order chi connectivity index (χ0) is 11.2. The van der Waals surface area contributed by atoms with Gasteiger partial charge in [0.25, 0.3) is 0 Å². The normalized spacial score (nSPS) is 13.9. The van der Waals surface area contributed by atoms with Crippen molar-refractivity contribution in [3.05, 3.63) is 0 Å². The van der Waals surface area contributed by atoms with Gasteiger partial charge in [-0.3, -0.25) is 9.36 Å². The Morgan fingerprint density at radius 3 is 1.93 bits per heavy atom. The Morgan fingerprint density at radius 2 is 1.71 bits per heavy atom. The van der Waals surface area contributed by atoms with Gasteiger partial charge in [-0.05, 0) is 20.3 Å². The second-order valence-corrected chi connectivity index (χ2v) is 4.86. The van der Waals surface area contributed by atoms with Crippen LogP contribution < -0.4 is 0 Å². The molecule has 0 rings (SSSR count). The molecule has 0 radical (unpaired) electrons. The van der Waals surface area contributed by atoms with Crippen LogP contribution in [-0.2, 0) is 18.4 Å². The molecule has 1 atom stereocenters. The highest BCUT2D eigenvalue weighted by Crippen LogP contribution is 2.54. The summed E-state index contributed by atoms with van der Waals surface area (Å²) < 4.78 is 21.8. The molecule has 0 saturated heterocycles. The predicted molar refractivity (Wildman–Crippen MR) is 52.6 cm³/mol. The van der Waals surface area contributed by atoms with Crippen LogP contribution in [0, 0.1) is 0 Å². The van der Waals surface area contributed by atoms with Crippen LogP contribution in [0.2, 0.25) is 0 Å². The van der Waals surface area contributed by atoms with Crippen molar-refractivity contribution in [2.75, 3.05) is 13.2 Å². The van der Waals surface area contributed by atoms with Crippen molar-refractivity contribution in [3.8, 4) is 0 Å². The summed E-state index contributed by atoms with van der Waals surface area (Å²) in [5.41, 5.74) is -1.07. The molecule has 0 aliphatic rings. The summed E-state index contributed by atoms with van der Waals surface area (Å²) in [7, 11) is -3.49. The zero-order valence-electron chi connectivity index (χ0n) is 8.73. The van der Waals surface area contributed by atoms with E-state index in [1.165, 1.54) is 0 Å². The molecule has 0 aromatic rings. The van der Waals surface area contributed by atoms with Gasteiger partial charge in [-0.2, -0.15) is 0 Å². The first-order chi connectivity index (χ1) is 6.51. The minimum absolute atomic E-state index is 0.182. The Labute approximate surface area is 83.9 Å². The van der Waals surface area contributed by atoms with Crippen molar-refractivity contribution >= 4 is 13.6 Å². The van der Waals surface area contributed by atoms with Crippen LogP contribution in [0.1, 0.15) is 27.2 Å². The molecule has 0 aliphatic carbocycles. The van der Waals surface area contributed by atoms with Crippen molar-refractivity contribution in [2.24, 2.45) is 0 Å². The van der Waals surface area contributed by atoms with E-state index in [0.29, 0.717) is 0 Å². The van der Waals surface area contributed by atoms with Crippen molar-refractivity contribution < 1.29 is 23.5 Å². The molecule has 0 spiro atoms. The van der Waals surface area contributed by atoms with E-state index < -0.39 is 19.2 Å². The van der Waals surface area contributed by atoms with Gasteiger partial charge in [0, 0.05) is 0 Å². The number of hydrogen-bond acceptors (Lipinski definition) is 4. The molecule has 0 fully saturated rings. The molecular formula is C8H17O5P. The van der Waals surface area contributed by atoms with E-state index in [4.69, 9.17) is 14.2 Å². The monoisotopic (exact) mass is 224 g/mol. The van der Waals surface area contributed by atoms with E-state index >= 15 is 0 Å². The third kappa shape index (κ3) is 3.40. The summed E-state index contributed by atoms with van der Waals surface area (Å²) in [5, 5.41) is 8.83. The van der Waals surface area contributed by atoms with Crippen LogP contribution >= 0.6 is 7.60 Å². The van der Waals surface area contributed by atoms with Crippen molar-refractivity contribution in [1.29, 1.82) is 0 Å². The number of carboxylic acids is 1. The van der Waals surface area contributed by atoms with Crippen molar-refractivity contribution in [1.82, 2.24) is 0 Å². The highest BCUT2D eigenvalue weighted by atomic mass is 31.2. The number of hydrogen-bond donors (Lipinski definition) is 1. The first-order valence-corrected chi connectivity index (χ1v) is 6.24. The van der Waals surface area contributed by atoms with Crippen LogP contribution in [0.3, 0.4) is 0 Å². The SMILES string of the molecule is CCOP(=O)(OCC)C(CC)C(=O)O. The van der Waals surface area contributed by atoms with Gasteiger partial charge in [-0.1, -0.05) is 6.92 Å². The van der Waals surface area contributed by atoms with Crippen molar-refractivity contribution in [3.63, 3.8) is 0 Å². The highest BCUT2D eigenvalue weighted by Gasteiger charge is 2.39. The second-order valence-electron chi connectivity index (χ2n) is 2.64. The molecule has 1 unspecified atom stereocenters. The summed E-state index contributed by atoms with van der Waals surface area (Å²) >= 11 is 0. The Bertz CT molecular complexity index is 218. The molecule has 0 aliphatic heterocycles. The van der Waals surface area contributed by atoms with Crippen LogP contribution in [-0.4, -0.2) is 29.9 Å². The van der Waals surface area contributed by atoms with Crippen LogP contribution in [0.4, 0.5) is 0 Å². The third-order valence-electron chi connectivity index (χ3n) is 1.67. The Kier molecular flexibility index (Phi) is 6.00. The first kappa shape index (κ1) is 13.6. The van der Waals surface area contributed by atoms with E-state index in [9.17, 15) is 9.36 Å². The van der Waals surface area contributed by atoms with Gasteiger partial charge in [0.2, 0.25) is 0 Å². The average Bonchev–Trinajstić information content (AvgIpc) is 2.04. The smallest absolute Gasteiger partial charge is 0.344 e. The van der Waals surface area contributed by atoms with E-state index in [1.54, 1.807) is 20.8 Å². The maximum atomic E-state index is 12.0. The molecule has 5 nitrogen and oxygen atoms in total. The average molecular weight is 224 g/mol. The number of carbonyl (C=O) groups is 1. The number of rotatable bonds is 7. The summed E-state index contributed by atoms with van der Waals surface area (Å²) in [5.74, 6) is -1.14. The molecule has 0 aromatic carbocycles. The predicted octanol–water partition coefficient (Wildman–Crippen LogP) is 2.12. The summed E-state index contributed by atoms with van der Waals surface area (Å²) in [6, 6.07) is 0. The Morgan fingerprint density at radius 1 is 1.29 bits per heavy atom. The summed E-state index contributed by atoms with van der Waals surface area (Å²) in [6.07, 6.45) is 0.229. The fraction of sp³-hybridized carbons (Fsp3) is 0.875. The van der Waals surface area contributed by atoms with Gasteiger partial charge in [-0.25, -0.2) is 0 Å². The van der Waals surface area contributed by atoms with Gasteiger partial charge in [0.1, 0.15) is 0 Å². The second kappa shape index (κ2) is 6.17. The van der Waals surface area contributed by atoms with Crippen molar-refractivity contribution in [2.45, 2.75) is 32.9 Å². The number of carboxylic acid groups (broad SMARTS) is 1. The molecule has 0 amide bonds. The lowest BCUT2D eigenvalue weighted by atomic mass is 10.3. The molecule has 0 bridgehead atoms. The van der Waals surface area contributed by atoms with Gasteiger partial charge in [0.15, 0.2) is 5.66 Å². The maximum Gasteiger partial charge on any atom is 0.344 e. The Hall–Kier alpha value is -0.380. The molecule has 0 aromatic heterocycles. The van der Waals surface area contributed by atoms with Gasteiger partial charge >= 0.3 is 13.6 Å². The fourth-order valence-electron chi connectivity index (χ4n) is 1.11. The van der Waals surface area contributed by atoms with E-state index in [2.05, 4.69) is 0 Å². The molecule has 14 heavy (non-hydrogen) atoms. The zero-order valence-corrected chi connectivity index (χ0v) is 9.62. The lowest BCUT2D eigenvalue weighted by Gasteiger charge is -2.21. The molecule has 1 N–H and O–H groups in total. The number of aliphatic carboxylic acids is 1. The topological polar surface area (TPSA) is 72.8 Å². The Balaban J connectivity index is 4.76. The van der Waals surface area contributed by atoms with E-state index in [-0.39, 0.29) is 19.6 Å². The fourth-order valence-corrected chi connectivity index (χ4v) is 2.98. The largest absolute Gasteiger partial charge is 0.481 e. The minimum Gasteiger partial charge on any atom is -0.481 e. The third-order valence-corrected chi connectivity index (χ3v) is 4.26. The minimum atomic E-state index is -3.49. The summed E-state index contributed by atoms with van der Waals surface area (Å²) in [6.45, 7) is 5.31.